The maximum atomic E-state index is 4.45. The van der Waals surface area contributed by atoms with Gasteiger partial charge >= 0.3 is 0 Å². The van der Waals surface area contributed by atoms with Crippen molar-refractivity contribution in [3.05, 3.63) is 24.3 Å². The lowest BCUT2D eigenvalue weighted by Gasteiger charge is -2.09. The van der Waals surface area contributed by atoms with Gasteiger partial charge in [-0.15, -0.1) is 11.8 Å². The minimum atomic E-state index is 0.606. The van der Waals surface area contributed by atoms with Crippen LogP contribution in [0, 0.1) is 0 Å². The molecule has 1 aliphatic heterocycles. The first kappa shape index (κ1) is 10.9. The largest absolute Gasteiger partial charge is 0.334 e. The van der Waals surface area contributed by atoms with Crippen molar-refractivity contribution in [2.24, 2.45) is 4.99 Å². The van der Waals surface area contributed by atoms with Crippen molar-refractivity contribution in [2.45, 2.75) is 17.1 Å². The summed E-state index contributed by atoms with van der Waals surface area (Å²) in [4.78, 5) is 5.71. The van der Waals surface area contributed by atoms with Crippen LogP contribution in [0.25, 0.3) is 0 Å². The van der Waals surface area contributed by atoms with Crippen molar-refractivity contribution < 1.29 is 0 Å². The van der Waals surface area contributed by atoms with E-state index in [0.29, 0.717) is 5.25 Å². The smallest absolute Gasteiger partial charge is 0.161 e. The minimum absolute atomic E-state index is 0.606. The van der Waals surface area contributed by atoms with Crippen LogP contribution >= 0.6 is 23.5 Å². The van der Waals surface area contributed by atoms with E-state index in [4.69, 9.17) is 0 Å². The van der Waals surface area contributed by atoms with Crippen LogP contribution in [0.2, 0.25) is 0 Å². The molecule has 0 amide bonds. The average Bonchev–Trinajstić information content (AvgIpc) is 2.65. The Balaban J connectivity index is 2.10. The Morgan fingerprint density at radius 3 is 2.93 bits per heavy atom. The first-order valence-electron chi connectivity index (χ1n) is 4.90. The van der Waals surface area contributed by atoms with Crippen LogP contribution in [0.15, 0.2) is 34.2 Å². The Morgan fingerprint density at radius 2 is 2.27 bits per heavy atom. The number of nitrogens with one attached hydrogen (secondary N) is 1. The fourth-order valence-electron chi connectivity index (χ4n) is 1.41. The second kappa shape index (κ2) is 4.94. The Morgan fingerprint density at radius 1 is 1.47 bits per heavy atom. The molecule has 1 aliphatic rings. The molecule has 15 heavy (non-hydrogen) atoms. The van der Waals surface area contributed by atoms with Crippen LogP contribution in [0.3, 0.4) is 0 Å². The zero-order valence-electron chi connectivity index (χ0n) is 8.86. The minimum Gasteiger partial charge on any atom is -0.334 e. The van der Waals surface area contributed by atoms with Crippen molar-refractivity contribution in [3.63, 3.8) is 0 Å². The third-order valence-corrected chi connectivity index (χ3v) is 3.96. The van der Waals surface area contributed by atoms with Crippen LogP contribution in [0.4, 0.5) is 5.69 Å². The van der Waals surface area contributed by atoms with E-state index in [9.17, 15) is 0 Å². The van der Waals surface area contributed by atoms with Crippen LogP contribution < -0.4 is 5.32 Å². The van der Waals surface area contributed by atoms with E-state index in [2.05, 4.69) is 41.7 Å². The van der Waals surface area contributed by atoms with E-state index < -0.39 is 0 Å². The molecule has 0 fully saturated rings. The summed E-state index contributed by atoms with van der Waals surface area (Å²) in [5.74, 6) is 0. The van der Waals surface area contributed by atoms with E-state index in [-0.39, 0.29) is 0 Å². The predicted molar refractivity (Wildman–Crippen MR) is 71.2 cm³/mol. The fraction of sp³-hybridized carbons (Fsp3) is 0.364. The van der Waals surface area contributed by atoms with Crippen molar-refractivity contribution in [3.8, 4) is 0 Å². The Bertz CT molecular complexity index is 377. The van der Waals surface area contributed by atoms with Crippen molar-refractivity contribution in [2.75, 3.05) is 18.1 Å². The maximum Gasteiger partial charge on any atom is 0.161 e. The number of amidine groups is 1. The molecule has 2 nitrogen and oxygen atoms in total. The molecule has 1 heterocycles. The second-order valence-corrected chi connectivity index (χ2v) is 5.67. The zero-order chi connectivity index (χ0) is 10.7. The Hall–Kier alpha value is -0.610. The summed E-state index contributed by atoms with van der Waals surface area (Å²) in [7, 11) is 0. The molecule has 1 aromatic rings. The molecule has 0 saturated heterocycles. The lowest BCUT2D eigenvalue weighted by atomic mass is 10.3. The molecular formula is C11H14N2S2. The molecule has 1 aromatic carbocycles. The molecule has 0 saturated carbocycles. The van der Waals surface area contributed by atoms with Gasteiger partial charge in [0.1, 0.15) is 0 Å². The summed E-state index contributed by atoms with van der Waals surface area (Å²) in [5, 5.41) is 5.03. The molecule has 0 bridgehead atoms. The van der Waals surface area contributed by atoms with Gasteiger partial charge in [-0.25, -0.2) is 0 Å². The standard InChI is InChI=1S/C11H14N2S2/c1-8-7-12-11(15-8)13-9-5-3-4-6-10(9)14-2/h3-6,8H,7H2,1-2H3,(H,12,13). The molecule has 2 rings (SSSR count). The fourth-order valence-corrected chi connectivity index (χ4v) is 2.81. The lowest BCUT2D eigenvalue weighted by Crippen LogP contribution is -2.06. The second-order valence-electron chi connectivity index (χ2n) is 3.40. The number of rotatable bonds is 2. The van der Waals surface area contributed by atoms with Gasteiger partial charge in [0, 0.05) is 10.1 Å². The van der Waals surface area contributed by atoms with Crippen molar-refractivity contribution in [1.29, 1.82) is 0 Å². The van der Waals surface area contributed by atoms with Crippen LogP contribution in [-0.2, 0) is 0 Å². The van der Waals surface area contributed by atoms with E-state index >= 15 is 0 Å². The van der Waals surface area contributed by atoms with Crippen molar-refractivity contribution in [1.82, 2.24) is 0 Å². The summed E-state index contributed by atoms with van der Waals surface area (Å²) < 4.78 is 0. The van der Waals surface area contributed by atoms with Gasteiger partial charge in [-0.1, -0.05) is 30.8 Å². The number of aliphatic imine (C=N–C) groups is 1. The zero-order valence-corrected chi connectivity index (χ0v) is 10.5. The molecule has 0 aliphatic carbocycles. The first-order valence-corrected chi connectivity index (χ1v) is 7.01. The number of thioether (sulfide) groups is 2. The van der Waals surface area contributed by atoms with Gasteiger partial charge in [0.25, 0.3) is 0 Å². The van der Waals surface area contributed by atoms with Gasteiger partial charge in [-0.05, 0) is 18.4 Å². The van der Waals surface area contributed by atoms with E-state index in [0.717, 1.165) is 17.4 Å². The van der Waals surface area contributed by atoms with Gasteiger partial charge in [-0.3, -0.25) is 4.99 Å². The molecule has 0 spiro atoms. The third-order valence-electron chi connectivity index (χ3n) is 2.15. The third kappa shape index (κ3) is 2.69. The maximum absolute atomic E-state index is 4.45. The van der Waals surface area contributed by atoms with Gasteiger partial charge in [0.15, 0.2) is 5.17 Å². The van der Waals surface area contributed by atoms with Gasteiger partial charge < -0.3 is 5.32 Å². The summed E-state index contributed by atoms with van der Waals surface area (Å²) >= 11 is 3.56. The quantitative estimate of drug-likeness (QED) is 0.800. The summed E-state index contributed by atoms with van der Waals surface area (Å²) in [6, 6.07) is 8.32. The first-order chi connectivity index (χ1) is 7.29. The average molecular weight is 238 g/mol. The monoisotopic (exact) mass is 238 g/mol. The van der Waals surface area contributed by atoms with Gasteiger partial charge in [-0.2, -0.15) is 0 Å². The lowest BCUT2D eigenvalue weighted by molar-refractivity contribution is 0.976. The number of benzene rings is 1. The highest BCUT2D eigenvalue weighted by Crippen LogP contribution is 2.28. The van der Waals surface area contributed by atoms with E-state index in [1.165, 1.54) is 4.90 Å². The highest BCUT2D eigenvalue weighted by Gasteiger charge is 2.15. The molecule has 1 atom stereocenters. The molecule has 0 aromatic heterocycles. The molecule has 1 N–H and O–H groups in total. The molecule has 80 valence electrons. The Labute approximate surface area is 98.9 Å². The normalized spacial score (nSPS) is 20.1. The Kier molecular flexibility index (Phi) is 3.59. The molecule has 0 radical (unpaired) electrons. The highest BCUT2D eigenvalue weighted by molar-refractivity contribution is 8.15. The topological polar surface area (TPSA) is 24.4 Å². The number of hydrogen-bond acceptors (Lipinski definition) is 4. The summed E-state index contributed by atoms with van der Waals surface area (Å²) in [5.41, 5.74) is 1.16. The predicted octanol–water partition coefficient (Wildman–Crippen LogP) is 3.31. The van der Waals surface area contributed by atoms with Crippen molar-refractivity contribution >= 4 is 34.4 Å². The van der Waals surface area contributed by atoms with Gasteiger partial charge in [0.2, 0.25) is 0 Å². The SMILES string of the molecule is CSc1ccccc1NC1=NCC(C)S1. The van der Waals surface area contributed by atoms with E-state index in [1.54, 1.807) is 11.8 Å². The van der Waals surface area contributed by atoms with Crippen LogP contribution in [0.1, 0.15) is 6.92 Å². The number of hydrogen-bond donors (Lipinski definition) is 1. The highest BCUT2D eigenvalue weighted by atomic mass is 32.2. The number of para-hydroxylation sites is 1. The number of nitrogens with zero attached hydrogens (tertiary/aromatic N) is 1. The van der Waals surface area contributed by atoms with Gasteiger partial charge in [0.05, 0.1) is 12.2 Å². The van der Waals surface area contributed by atoms with Crippen LogP contribution in [-0.4, -0.2) is 23.2 Å². The molecule has 1 unspecified atom stereocenters. The summed E-state index contributed by atoms with van der Waals surface area (Å²) in [6.07, 6.45) is 2.09. The van der Waals surface area contributed by atoms with E-state index in [1.807, 2.05) is 17.8 Å². The summed E-state index contributed by atoms with van der Waals surface area (Å²) in [6.45, 7) is 3.12. The molecule has 4 heteroatoms. The van der Waals surface area contributed by atoms with Crippen LogP contribution in [0.5, 0.6) is 0 Å². The molecular weight excluding hydrogens is 224 g/mol. The number of anilines is 1.